The Bertz CT molecular complexity index is 584. The van der Waals surface area contributed by atoms with E-state index >= 15 is 0 Å². The summed E-state index contributed by atoms with van der Waals surface area (Å²) in [5.74, 6) is 2.51. The van der Waals surface area contributed by atoms with E-state index in [-0.39, 0.29) is 0 Å². The molecule has 0 saturated heterocycles. The van der Waals surface area contributed by atoms with Gasteiger partial charge in [-0.05, 0) is 50.4 Å². The number of aryl methyl sites for hydroxylation is 1. The molecule has 1 N–H and O–H groups in total. The van der Waals surface area contributed by atoms with Crippen molar-refractivity contribution in [2.75, 3.05) is 6.54 Å². The Kier molecular flexibility index (Phi) is 3.84. The van der Waals surface area contributed by atoms with Gasteiger partial charge in [-0.25, -0.2) is 0 Å². The predicted octanol–water partition coefficient (Wildman–Crippen LogP) is 4.62. The fraction of sp³-hybridized carbons (Fsp3) is 0.556. The number of rotatable bonds is 4. The van der Waals surface area contributed by atoms with Gasteiger partial charge in [0.05, 0.1) is 0 Å². The summed E-state index contributed by atoms with van der Waals surface area (Å²) in [5.41, 5.74) is 2.34. The van der Waals surface area contributed by atoms with Crippen LogP contribution in [0.1, 0.15) is 50.4 Å². The summed E-state index contributed by atoms with van der Waals surface area (Å²) in [6, 6.07) is 9.28. The molecular formula is C18H25NO. The molecule has 2 atom stereocenters. The van der Waals surface area contributed by atoms with Gasteiger partial charge >= 0.3 is 0 Å². The zero-order valence-corrected chi connectivity index (χ0v) is 12.8. The highest BCUT2D eigenvalue weighted by Gasteiger charge is 2.30. The number of nitrogens with one attached hydrogen (secondary N) is 1. The van der Waals surface area contributed by atoms with Gasteiger partial charge in [0.2, 0.25) is 0 Å². The second-order valence-corrected chi connectivity index (χ2v) is 6.55. The van der Waals surface area contributed by atoms with Crippen LogP contribution in [-0.2, 0) is 0 Å². The number of benzene rings is 1. The highest BCUT2D eigenvalue weighted by atomic mass is 16.3. The number of furan rings is 1. The normalized spacial score (nSPS) is 23.0. The third kappa shape index (κ3) is 2.76. The zero-order chi connectivity index (χ0) is 14.1. The summed E-state index contributed by atoms with van der Waals surface area (Å²) >= 11 is 0. The molecule has 3 rings (SSSR count). The molecule has 0 aliphatic heterocycles. The quantitative estimate of drug-likeness (QED) is 0.877. The van der Waals surface area contributed by atoms with Crippen LogP contribution in [0.25, 0.3) is 11.0 Å². The van der Waals surface area contributed by atoms with Gasteiger partial charge in [0.1, 0.15) is 11.3 Å². The largest absolute Gasteiger partial charge is 0.461 e. The molecule has 108 valence electrons. The van der Waals surface area contributed by atoms with E-state index in [9.17, 15) is 0 Å². The van der Waals surface area contributed by atoms with Crippen LogP contribution in [0.4, 0.5) is 0 Å². The number of fused-ring (bicyclic) bond motifs is 1. The lowest BCUT2D eigenvalue weighted by molar-refractivity contribution is 0.379. The molecule has 1 heterocycles. The van der Waals surface area contributed by atoms with Crippen LogP contribution >= 0.6 is 0 Å². The van der Waals surface area contributed by atoms with Crippen LogP contribution in [0.15, 0.2) is 28.7 Å². The molecule has 1 aliphatic rings. The van der Waals surface area contributed by atoms with Gasteiger partial charge in [-0.2, -0.15) is 0 Å². The Balaban J connectivity index is 1.81. The molecule has 20 heavy (non-hydrogen) atoms. The van der Waals surface area contributed by atoms with Gasteiger partial charge in [0.25, 0.3) is 0 Å². The van der Waals surface area contributed by atoms with E-state index in [0.29, 0.717) is 12.0 Å². The topological polar surface area (TPSA) is 25.2 Å². The second-order valence-electron chi connectivity index (χ2n) is 6.55. The molecule has 0 spiro atoms. The maximum atomic E-state index is 6.12. The Labute approximate surface area is 121 Å². The van der Waals surface area contributed by atoms with Crippen molar-refractivity contribution in [3.05, 3.63) is 35.6 Å². The third-order valence-corrected chi connectivity index (χ3v) is 4.50. The van der Waals surface area contributed by atoms with Gasteiger partial charge < -0.3 is 9.73 Å². The lowest BCUT2D eigenvalue weighted by Gasteiger charge is -2.19. The fourth-order valence-corrected chi connectivity index (χ4v) is 3.41. The Morgan fingerprint density at radius 2 is 2.10 bits per heavy atom. The van der Waals surface area contributed by atoms with Crippen LogP contribution in [0.2, 0.25) is 0 Å². The highest BCUT2D eigenvalue weighted by molar-refractivity contribution is 5.78. The second kappa shape index (κ2) is 5.61. The van der Waals surface area contributed by atoms with Crippen LogP contribution in [0.3, 0.4) is 0 Å². The lowest BCUT2D eigenvalue weighted by atomic mass is 9.93. The summed E-state index contributed by atoms with van der Waals surface area (Å²) in [6.45, 7) is 7.68. The lowest BCUT2D eigenvalue weighted by Crippen LogP contribution is -2.29. The maximum Gasteiger partial charge on any atom is 0.134 e. The molecule has 1 fully saturated rings. The van der Waals surface area contributed by atoms with Gasteiger partial charge in [-0.1, -0.05) is 31.9 Å². The predicted molar refractivity (Wildman–Crippen MR) is 84.2 cm³/mol. The van der Waals surface area contributed by atoms with Crippen molar-refractivity contribution in [3.8, 4) is 0 Å². The van der Waals surface area contributed by atoms with Crippen LogP contribution in [-0.4, -0.2) is 12.6 Å². The first-order valence-corrected chi connectivity index (χ1v) is 7.87. The number of hydrogen-bond donors (Lipinski definition) is 1. The van der Waals surface area contributed by atoms with Crippen molar-refractivity contribution in [3.63, 3.8) is 0 Å². The average molecular weight is 271 g/mol. The molecule has 0 radical (unpaired) electrons. The first-order valence-electron chi connectivity index (χ1n) is 7.87. The van der Waals surface area contributed by atoms with E-state index in [4.69, 9.17) is 4.42 Å². The fourth-order valence-electron chi connectivity index (χ4n) is 3.41. The molecule has 2 nitrogen and oxygen atoms in total. The molecule has 2 aromatic rings. The van der Waals surface area contributed by atoms with E-state index < -0.39 is 0 Å². The van der Waals surface area contributed by atoms with Crippen LogP contribution < -0.4 is 5.32 Å². The molecule has 1 aromatic heterocycles. The Hall–Kier alpha value is -1.28. The van der Waals surface area contributed by atoms with Crippen molar-refractivity contribution in [1.82, 2.24) is 5.32 Å². The summed E-state index contributed by atoms with van der Waals surface area (Å²) in [5, 5.41) is 4.84. The van der Waals surface area contributed by atoms with E-state index in [2.05, 4.69) is 50.4 Å². The van der Waals surface area contributed by atoms with Crippen molar-refractivity contribution >= 4 is 11.0 Å². The minimum Gasteiger partial charge on any atom is -0.461 e. The maximum absolute atomic E-state index is 6.12. The van der Waals surface area contributed by atoms with Crippen LogP contribution in [0, 0.1) is 12.8 Å². The third-order valence-electron chi connectivity index (χ3n) is 4.50. The smallest absolute Gasteiger partial charge is 0.134 e. The summed E-state index contributed by atoms with van der Waals surface area (Å²) in [4.78, 5) is 0. The van der Waals surface area contributed by atoms with E-state index in [0.717, 1.165) is 18.0 Å². The van der Waals surface area contributed by atoms with Crippen LogP contribution in [0.5, 0.6) is 0 Å². The van der Waals surface area contributed by atoms with E-state index in [1.807, 2.05) is 0 Å². The first-order chi connectivity index (χ1) is 9.63. The average Bonchev–Trinajstić information content (AvgIpc) is 3.01. The standard InChI is InChI=1S/C18H25NO/c1-12(2)19-11-14-5-4-6-16(14)18-10-15-9-13(3)7-8-17(15)20-18/h7-10,12,14,16,19H,4-6,11H2,1-3H3. The minimum atomic E-state index is 0.564. The van der Waals surface area contributed by atoms with Gasteiger partial charge in [-0.3, -0.25) is 0 Å². The molecule has 2 unspecified atom stereocenters. The van der Waals surface area contributed by atoms with Crippen molar-refractivity contribution in [2.45, 2.75) is 52.0 Å². The molecule has 0 amide bonds. The van der Waals surface area contributed by atoms with E-state index in [1.165, 1.54) is 36.0 Å². The molecule has 1 aliphatic carbocycles. The SMILES string of the molecule is Cc1ccc2oc(C3CCCC3CNC(C)C)cc2c1. The zero-order valence-electron chi connectivity index (χ0n) is 12.8. The van der Waals surface area contributed by atoms with Crippen molar-refractivity contribution in [1.29, 1.82) is 0 Å². The summed E-state index contributed by atoms with van der Waals surface area (Å²) < 4.78 is 6.12. The first kappa shape index (κ1) is 13.7. The molecule has 1 aromatic carbocycles. The number of hydrogen-bond acceptors (Lipinski definition) is 2. The summed E-state index contributed by atoms with van der Waals surface area (Å²) in [7, 11) is 0. The summed E-state index contributed by atoms with van der Waals surface area (Å²) in [6.07, 6.45) is 3.91. The molecule has 1 saturated carbocycles. The highest BCUT2D eigenvalue weighted by Crippen LogP contribution is 2.41. The Morgan fingerprint density at radius 1 is 1.25 bits per heavy atom. The minimum absolute atomic E-state index is 0.564. The van der Waals surface area contributed by atoms with Crippen molar-refractivity contribution in [2.24, 2.45) is 5.92 Å². The Morgan fingerprint density at radius 3 is 2.90 bits per heavy atom. The van der Waals surface area contributed by atoms with Gasteiger partial charge in [-0.15, -0.1) is 0 Å². The molecular weight excluding hydrogens is 246 g/mol. The van der Waals surface area contributed by atoms with E-state index in [1.54, 1.807) is 0 Å². The monoisotopic (exact) mass is 271 g/mol. The van der Waals surface area contributed by atoms with Crippen molar-refractivity contribution < 1.29 is 4.42 Å². The van der Waals surface area contributed by atoms with Gasteiger partial charge in [0.15, 0.2) is 0 Å². The van der Waals surface area contributed by atoms with Gasteiger partial charge in [0, 0.05) is 17.3 Å². The molecule has 0 bridgehead atoms. The molecule has 2 heteroatoms.